The van der Waals surface area contributed by atoms with Gasteiger partial charge in [0.2, 0.25) is 0 Å². The first-order valence-corrected chi connectivity index (χ1v) is 9.80. The fourth-order valence-corrected chi connectivity index (χ4v) is 4.88. The second-order valence-corrected chi connectivity index (χ2v) is 7.46. The molecule has 0 bridgehead atoms. The fraction of sp³-hybridized carbons (Fsp3) is 0. The van der Waals surface area contributed by atoms with Crippen molar-refractivity contribution in [1.29, 1.82) is 0 Å². The number of thiophene rings is 2. The Morgan fingerprint density at radius 2 is 1.12 bits per heavy atom. The largest absolute Gasteiger partial charge is 0.253 e. The van der Waals surface area contributed by atoms with Crippen molar-refractivity contribution in [3.05, 3.63) is 71.9 Å². The number of fused-ring (bicyclic) bond motifs is 7. The molecule has 6 heteroatoms. The number of nitrogens with zero attached hydrogens (tertiary/aromatic N) is 4. The second-order valence-electron chi connectivity index (χ2n) is 5.63. The average molecular weight is 372 g/mol. The molecule has 6 rings (SSSR count). The lowest BCUT2D eigenvalue weighted by atomic mass is 10.1. The summed E-state index contributed by atoms with van der Waals surface area (Å²) >= 11 is 3.51. The molecule has 0 saturated carbocycles. The molecule has 0 radical (unpaired) electrons. The Morgan fingerprint density at radius 3 is 1.85 bits per heavy atom. The van der Waals surface area contributed by atoms with Gasteiger partial charge in [-0.15, -0.1) is 22.7 Å². The average Bonchev–Trinajstić information content (AvgIpc) is 3.38. The minimum Gasteiger partial charge on any atom is -0.253 e. The van der Waals surface area contributed by atoms with E-state index in [0.29, 0.717) is 0 Å². The lowest BCUT2D eigenvalue weighted by molar-refractivity contribution is 1.29. The molecule has 4 heterocycles. The molecule has 0 fully saturated rings. The summed E-state index contributed by atoms with van der Waals surface area (Å²) in [5.74, 6) is 0. The Bertz CT molecular complexity index is 1220. The maximum absolute atomic E-state index is 4.46. The van der Waals surface area contributed by atoms with Crippen molar-refractivity contribution >= 4 is 64.9 Å². The molecular formula is C20H12N4S2. The van der Waals surface area contributed by atoms with E-state index in [9.17, 15) is 0 Å². The number of para-hydroxylation sites is 2. The van der Waals surface area contributed by atoms with Crippen molar-refractivity contribution in [3.8, 4) is 0 Å². The van der Waals surface area contributed by atoms with Crippen LogP contribution in [-0.2, 0) is 0 Å². The molecule has 0 aliphatic carbocycles. The minimum absolute atomic E-state index is 0.949. The highest BCUT2D eigenvalue weighted by atomic mass is 32.1. The number of hydrogen-bond acceptors (Lipinski definition) is 6. The van der Waals surface area contributed by atoms with Crippen LogP contribution in [0.5, 0.6) is 0 Å². The van der Waals surface area contributed by atoms with E-state index in [-0.39, 0.29) is 0 Å². The maximum Gasteiger partial charge on any atom is 0.107 e. The van der Waals surface area contributed by atoms with Gasteiger partial charge in [0.15, 0.2) is 0 Å². The Balaban J connectivity index is 0.000000129. The zero-order valence-electron chi connectivity index (χ0n) is 13.5. The van der Waals surface area contributed by atoms with Gasteiger partial charge in [-0.2, -0.15) is 0 Å². The van der Waals surface area contributed by atoms with Crippen LogP contribution < -0.4 is 0 Å². The highest BCUT2D eigenvalue weighted by Gasteiger charge is 2.11. The summed E-state index contributed by atoms with van der Waals surface area (Å²) in [6.45, 7) is 0. The molecular weight excluding hydrogens is 360 g/mol. The van der Waals surface area contributed by atoms with Crippen molar-refractivity contribution < 1.29 is 0 Å². The van der Waals surface area contributed by atoms with Crippen LogP contribution in [0.2, 0.25) is 0 Å². The smallest absolute Gasteiger partial charge is 0.107 e. The third kappa shape index (κ3) is 2.51. The predicted octanol–water partition coefficient (Wildman–Crippen LogP) is 5.69. The van der Waals surface area contributed by atoms with E-state index in [0.717, 1.165) is 22.1 Å². The molecule has 0 aliphatic rings. The third-order valence-electron chi connectivity index (χ3n) is 4.12. The summed E-state index contributed by atoms with van der Waals surface area (Å²) in [5, 5.41) is 6.77. The molecule has 26 heavy (non-hydrogen) atoms. The molecule has 0 aliphatic heterocycles. The van der Waals surface area contributed by atoms with Gasteiger partial charge in [0.25, 0.3) is 0 Å². The Kier molecular flexibility index (Phi) is 3.77. The number of aromatic nitrogens is 4. The molecule has 0 unspecified atom stereocenters. The van der Waals surface area contributed by atoms with Crippen molar-refractivity contribution in [1.82, 2.24) is 19.9 Å². The summed E-state index contributed by atoms with van der Waals surface area (Å²) in [6.07, 6.45) is 6.92. The standard InChI is InChI=1S/C12H6N2S2.C8H6N2/c1-5-15-11-7(1)9-10(14-4-3-13-9)12-8(11)2-6-16-12;1-2-4-8-7(3-1)9-5-6-10-8/h1-6H;1-6H. The quantitative estimate of drug-likeness (QED) is 0.344. The molecule has 124 valence electrons. The van der Waals surface area contributed by atoms with Crippen molar-refractivity contribution in [2.45, 2.75) is 0 Å². The summed E-state index contributed by atoms with van der Waals surface area (Å²) < 4.78 is 2.57. The summed E-state index contributed by atoms with van der Waals surface area (Å²) in [4.78, 5) is 17.2. The van der Waals surface area contributed by atoms with Gasteiger partial charge in [0.05, 0.1) is 21.3 Å². The van der Waals surface area contributed by atoms with Gasteiger partial charge in [-0.25, -0.2) is 0 Å². The van der Waals surface area contributed by atoms with Gasteiger partial charge in [-0.05, 0) is 35.0 Å². The number of hydrogen-bond donors (Lipinski definition) is 0. The molecule has 0 atom stereocenters. The van der Waals surface area contributed by atoms with Crippen LogP contribution in [0, 0.1) is 0 Å². The first-order valence-electron chi connectivity index (χ1n) is 8.04. The van der Waals surface area contributed by atoms with E-state index in [1.165, 1.54) is 20.2 Å². The van der Waals surface area contributed by atoms with Gasteiger partial charge in [0, 0.05) is 40.3 Å². The predicted molar refractivity (Wildman–Crippen MR) is 110 cm³/mol. The van der Waals surface area contributed by atoms with E-state index >= 15 is 0 Å². The summed E-state index contributed by atoms with van der Waals surface area (Å²) in [7, 11) is 0. The van der Waals surface area contributed by atoms with Crippen LogP contribution in [0.1, 0.15) is 0 Å². The maximum atomic E-state index is 4.46. The van der Waals surface area contributed by atoms with Crippen LogP contribution in [-0.4, -0.2) is 19.9 Å². The highest BCUT2D eigenvalue weighted by Crippen LogP contribution is 2.38. The molecule has 0 amide bonds. The van der Waals surface area contributed by atoms with E-state index < -0.39 is 0 Å². The lowest BCUT2D eigenvalue weighted by Crippen LogP contribution is -1.82. The van der Waals surface area contributed by atoms with Gasteiger partial charge in [0.1, 0.15) is 5.52 Å². The molecule has 0 spiro atoms. The molecule has 0 saturated heterocycles. The van der Waals surface area contributed by atoms with E-state index in [2.05, 4.69) is 42.8 Å². The second kappa shape index (κ2) is 6.40. The number of rotatable bonds is 0. The first kappa shape index (κ1) is 15.3. The zero-order chi connectivity index (χ0) is 17.3. The molecule has 4 nitrogen and oxygen atoms in total. The fourth-order valence-electron chi connectivity index (χ4n) is 2.99. The highest BCUT2D eigenvalue weighted by molar-refractivity contribution is 7.21. The van der Waals surface area contributed by atoms with Gasteiger partial charge >= 0.3 is 0 Å². The molecule has 6 aromatic rings. The van der Waals surface area contributed by atoms with Crippen molar-refractivity contribution in [2.24, 2.45) is 0 Å². The van der Waals surface area contributed by atoms with Crippen LogP contribution >= 0.6 is 22.7 Å². The monoisotopic (exact) mass is 372 g/mol. The van der Waals surface area contributed by atoms with E-state index in [1.807, 2.05) is 24.3 Å². The normalized spacial score (nSPS) is 11.1. The van der Waals surface area contributed by atoms with Crippen LogP contribution in [0.15, 0.2) is 71.9 Å². The SMILES string of the molecule is c1ccc2nccnc2c1.c1cnc2c(n1)c1ccsc1c1ccsc12. The topological polar surface area (TPSA) is 51.6 Å². The van der Waals surface area contributed by atoms with E-state index in [4.69, 9.17) is 0 Å². The Labute approximate surface area is 156 Å². The van der Waals surface area contributed by atoms with Crippen LogP contribution in [0.3, 0.4) is 0 Å². The first-order chi connectivity index (χ1) is 12.9. The van der Waals surface area contributed by atoms with Gasteiger partial charge in [-0.1, -0.05) is 12.1 Å². The van der Waals surface area contributed by atoms with Gasteiger partial charge < -0.3 is 0 Å². The van der Waals surface area contributed by atoms with Crippen molar-refractivity contribution in [2.75, 3.05) is 0 Å². The number of benzene rings is 2. The van der Waals surface area contributed by atoms with E-state index in [1.54, 1.807) is 47.5 Å². The Hall–Kier alpha value is -2.96. The minimum atomic E-state index is 0.949. The summed E-state index contributed by atoms with van der Waals surface area (Å²) in [6, 6.07) is 12.1. The molecule has 4 aromatic heterocycles. The third-order valence-corrected chi connectivity index (χ3v) is 5.99. The molecule has 0 N–H and O–H groups in total. The van der Waals surface area contributed by atoms with Crippen LogP contribution in [0.25, 0.3) is 42.2 Å². The molecule has 2 aromatic carbocycles. The summed E-state index contributed by atoms with van der Waals surface area (Å²) in [5.41, 5.74) is 3.95. The Morgan fingerprint density at radius 1 is 0.538 bits per heavy atom. The zero-order valence-corrected chi connectivity index (χ0v) is 15.2. The lowest BCUT2D eigenvalue weighted by Gasteiger charge is -2.00. The van der Waals surface area contributed by atoms with Gasteiger partial charge in [-0.3, -0.25) is 19.9 Å². The van der Waals surface area contributed by atoms with Crippen LogP contribution in [0.4, 0.5) is 0 Å². The van der Waals surface area contributed by atoms with Crippen molar-refractivity contribution in [3.63, 3.8) is 0 Å².